The van der Waals surface area contributed by atoms with Crippen LogP contribution in [0.4, 0.5) is 0 Å². The van der Waals surface area contributed by atoms with Gasteiger partial charge >= 0.3 is 0 Å². The summed E-state index contributed by atoms with van der Waals surface area (Å²) in [5, 5.41) is 0. The van der Waals surface area contributed by atoms with E-state index in [-0.39, 0.29) is 7.43 Å². The molecule has 0 bridgehead atoms. The molecule has 0 nitrogen and oxygen atoms in total. The molecule has 0 rings (SSSR count). The van der Waals surface area contributed by atoms with Crippen LogP contribution in [0.5, 0.6) is 0 Å². The Morgan fingerprint density at radius 3 is 2.09 bits per heavy atom. The molecule has 0 saturated carbocycles. The maximum absolute atomic E-state index is 3.85. The summed E-state index contributed by atoms with van der Waals surface area (Å²) in [7, 11) is 0. The largest absolute Gasteiger partial charge is 0.106 e. The van der Waals surface area contributed by atoms with E-state index in [9.17, 15) is 0 Å². The predicted octanol–water partition coefficient (Wildman–Crippen LogP) is 4.36. The third kappa shape index (κ3) is 17.6. The first-order chi connectivity index (χ1) is 4.81. The van der Waals surface area contributed by atoms with Crippen molar-refractivity contribution >= 4 is 0 Å². The first kappa shape index (κ1) is 16.7. The van der Waals surface area contributed by atoms with Crippen LogP contribution in [0.1, 0.15) is 34.1 Å². The van der Waals surface area contributed by atoms with Crippen molar-refractivity contribution in [3.05, 3.63) is 37.5 Å². The van der Waals surface area contributed by atoms with E-state index in [1.165, 1.54) is 12.0 Å². The van der Waals surface area contributed by atoms with Gasteiger partial charge < -0.3 is 0 Å². The summed E-state index contributed by atoms with van der Waals surface area (Å²) in [5.74, 6) is 0. The zero-order valence-corrected chi connectivity index (χ0v) is 7.19. The molecule has 11 heavy (non-hydrogen) atoms. The molecule has 0 atom stereocenters. The van der Waals surface area contributed by atoms with Gasteiger partial charge in [0.2, 0.25) is 0 Å². The first-order valence-corrected chi connectivity index (χ1v) is 3.61. The van der Waals surface area contributed by atoms with Gasteiger partial charge in [-0.3, -0.25) is 0 Å². The van der Waals surface area contributed by atoms with Gasteiger partial charge in [0.25, 0.3) is 0 Å². The molecule has 0 saturated heterocycles. The van der Waals surface area contributed by atoms with Gasteiger partial charge in [0.1, 0.15) is 0 Å². The summed E-state index contributed by atoms with van der Waals surface area (Å²) in [4.78, 5) is 0. The van der Waals surface area contributed by atoms with E-state index >= 15 is 0 Å². The highest BCUT2D eigenvalue weighted by Gasteiger charge is 1.81. The molecule has 0 aromatic heterocycles. The van der Waals surface area contributed by atoms with Gasteiger partial charge in [-0.15, -0.1) is 13.2 Å². The normalized spacial score (nSPS) is 7.82. The topological polar surface area (TPSA) is 0 Å². The van der Waals surface area contributed by atoms with Crippen LogP contribution in [0.2, 0.25) is 0 Å². The predicted molar refractivity (Wildman–Crippen MR) is 56.8 cm³/mol. The molecule has 0 unspecified atom stereocenters. The summed E-state index contributed by atoms with van der Waals surface area (Å²) in [5.41, 5.74) is 1.23. The minimum Gasteiger partial charge on any atom is -0.106 e. The van der Waals surface area contributed by atoms with E-state index in [2.05, 4.69) is 32.7 Å². The molecule has 0 aliphatic heterocycles. The second kappa shape index (κ2) is 16.1. The van der Waals surface area contributed by atoms with Gasteiger partial charge in [0.05, 0.1) is 0 Å². The number of hydrogen-bond acceptors (Lipinski definition) is 0. The zero-order valence-electron chi connectivity index (χ0n) is 7.19. The van der Waals surface area contributed by atoms with Crippen LogP contribution in [0.3, 0.4) is 0 Å². The highest BCUT2D eigenvalue weighted by molar-refractivity contribution is 5.12. The fourth-order valence-electron chi connectivity index (χ4n) is 0.640. The van der Waals surface area contributed by atoms with Crippen LogP contribution in [0.15, 0.2) is 37.5 Å². The van der Waals surface area contributed by atoms with Gasteiger partial charge in [-0.1, -0.05) is 45.1 Å². The summed E-state index contributed by atoms with van der Waals surface area (Å²) >= 11 is 0. The molecular weight excluding hydrogens is 132 g/mol. The lowest BCUT2D eigenvalue weighted by molar-refractivity contribution is 0.929. The minimum atomic E-state index is 0. The third-order valence-electron chi connectivity index (χ3n) is 0.973. The van der Waals surface area contributed by atoms with E-state index in [0.29, 0.717) is 0 Å². The van der Waals surface area contributed by atoms with E-state index < -0.39 is 0 Å². The molecule has 0 spiro atoms. The summed E-state index contributed by atoms with van der Waals surface area (Å²) in [6, 6.07) is 0. The highest BCUT2D eigenvalue weighted by atomic mass is 13.9. The summed E-state index contributed by atoms with van der Waals surface area (Å²) in [6.07, 6.45) is 6.41. The maximum atomic E-state index is 3.85. The van der Waals surface area contributed by atoms with E-state index in [1.807, 2.05) is 13.0 Å². The smallest absolute Gasteiger partial charge is 0.0287 e. The summed E-state index contributed by atoms with van der Waals surface area (Å²) in [6.45, 7) is 14.0. The van der Waals surface area contributed by atoms with Crippen LogP contribution < -0.4 is 0 Å². The van der Waals surface area contributed by atoms with Gasteiger partial charge in [-0.2, -0.15) is 0 Å². The van der Waals surface area contributed by atoms with Gasteiger partial charge in [0.15, 0.2) is 0 Å². The molecule has 0 aromatic rings. The average molecular weight is 154 g/mol. The Kier molecular flexibility index (Phi) is 24.4. The van der Waals surface area contributed by atoms with Crippen molar-refractivity contribution in [1.29, 1.82) is 0 Å². The Morgan fingerprint density at radius 1 is 1.36 bits per heavy atom. The molecular formula is C11H22. The standard InChI is InChI=1S/C8H14.C2H4.CH4/c1-4-6-8(3)7-5-2;1-2;/h4,6H,3,5,7H2,1-2H3;1-2H2;1H4/b6-4-;;. The van der Waals surface area contributed by atoms with E-state index in [4.69, 9.17) is 0 Å². The lowest BCUT2D eigenvalue weighted by Gasteiger charge is -1.91. The minimum absolute atomic E-state index is 0. The van der Waals surface area contributed by atoms with Gasteiger partial charge in [0, 0.05) is 0 Å². The van der Waals surface area contributed by atoms with Gasteiger partial charge in [-0.25, -0.2) is 0 Å². The van der Waals surface area contributed by atoms with Crippen LogP contribution in [0.25, 0.3) is 0 Å². The Hall–Kier alpha value is -0.780. The van der Waals surface area contributed by atoms with Crippen molar-refractivity contribution in [2.45, 2.75) is 34.1 Å². The Labute approximate surface area is 72.3 Å². The van der Waals surface area contributed by atoms with Crippen molar-refractivity contribution in [3.8, 4) is 0 Å². The lowest BCUT2D eigenvalue weighted by atomic mass is 10.2. The Morgan fingerprint density at radius 2 is 1.82 bits per heavy atom. The zero-order chi connectivity index (χ0) is 8.41. The molecule has 0 N–H and O–H groups in total. The van der Waals surface area contributed by atoms with Crippen molar-refractivity contribution in [2.24, 2.45) is 0 Å². The first-order valence-electron chi connectivity index (χ1n) is 3.61. The van der Waals surface area contributed by atoms with Crippen molar-refractivity contribution < 1.29 is 0 Å². The quantitative estimate of drug-likeness (QED) is 0.418. The number of hydrogen-bond donors (Lipinski definition) is 0. The van der Waals surface area contributed by atoms with Crippen molar-refractivity contribution in [1.82, 2.24) is 0 Å². The van der Waals surface area contributed by atoms with Crippen molar-refractivity contribution in [2.75, 3.05) is 0 Å². The third-order valence-corrected chi connectivity index (χ3v) is 0.973. The molecule has 0 aromatic carbocycles. The molecule has 0 radical (unpaired) electrons. The second-order valence-corrected chi connectivity index (χ2v) is 1.91. The van der Waals surface area contributed by atoms with Crippen LogP contribution >= 0.6 is 0 Å². The lowest BCUT2D eigenvalue weighted by Crippen LogP contribution is -1.71. The van der Waals surface area contributed by atoms with Crippen LogP contribution in [0, 0.1) is 0 Å². The van der Waals surface area contributed by atoms with Gasteiger partial charge in [-0.05, 0) is 13.3 Å². The molecule has 0 heterocycles. The molecule has 0 fully saturated rings. The molecule has 0 amide bonds. The van der Waals surface area contributed by atoms with E-state index in [1.54, 1.807) is 0 Å². The van der Waals surface area contributed by atoms with Crippen LogP contribution in [-0.4, -0.2) is 0 Å². The fourth-order valence-corrected chi connectivity index (χ4v) is 0.640. The van der Waals surface area contributed by atoms with E-state index in [0.717, 1.165) is 6.42 Å². The summed E-state index contributed by atoms with van der Waals surface area (Å²) < 4.78 is 0. The molecule has 0 aliphatic rings. The highest BCUT2D eigenvalue weighted by Crippen LogP contribution is 2.01. The average Bonchev–Trinajstić information content (AvgIpc) is 1.93. The SMILES string of the molecule is C.C=C.C=C(/C=C\C)CCC. The second-order valence-electron chi connectivity index (χ2n) is 1.91. The Balaban J connectivity index is -0.000000196. The Bertz CT molecular complexity index is 98.6. The fraction of sp³-hybridized carbons (Fsp3) is 0.455. The molecule has 0 aliphatic carbocycles. The van der Waals surface area contributed by atoms with Crippen LogP contribution in [-0.2, 0) is 0 Å². The maximum Gasteiger partial charge on any atom is -0.0287 e. The van der Waals surface area contributed by atoms with Crippen molar-refractivity contribution in [3.63, 3.8) is 0 Å². The number of rotatable bonds is 3. The molecule has 66 valence electrons. The number of allylic oxidation sites excluding steroid dienone is 3. The molecule has 0 heteroatoms. The monoisotopic (exact) mass is 154 g/mol.